The van der Waals surface area contributed by atoms with E-state index in [0.29, 0.717) is 0 Å². The zero-order chi connectivity index (χ0) is 3.41. The summed E-state index contributed by atoms with van der Waals surface area (Å²) < 4.78 is 0. The van der Waals surface area contributed by atoms with Gasteiger partial charge < -0.3 is 28.7 Å². The first-order chi connectivity index (χ1) is 1.91. The third kappa shape index (κ3) is 109. The molecule has 0 aliphatic heterocycles. The minimum Gasteiger partial charge on any atom is -0.358 e. The maximum absolute atomic E-state index is 3.54. The fraction of sp³-hybridized carbons (Fsp3) is 0.333. The zero-order valence-electron chi connectivity index (χ0n) is 9.93. The molecule has 0 nitrogen and oxygen atoms in total. The average molecular weight is 1350 g/mol. The van der Waals surface area contributed by atoms with Crippen molar-refractivity contribution in [3.05, 3.63) is 28.7 Å². The van der Waals surface area contributed by atoms with E-state index in [1.807, 2.05) is 0 Å². The van der Waals surface area contributed by atoms with E-state index in [4.69, 9.17) is 0 Å². The van der Waals surface area contributed by atoms with Crippen LogP contribution in [-0.4, -0.2) is 0 Å². The minimum atomic E-state index is 0. The molecule has 0 fully saturated rings. The van der Waals surface area contributed by atoms with Crippen molar-refractivity contribution in [2.24, 2.45) is 0 Å². The first kappa shape index (κ1) is 98.4. The molecular formula is C6H14W4Y6-2. The van der Waals surface area contributed by atoms with E-state index in [1.165, 1.54) is 0 Å². The Morgan fingerprint density at radius 3 is 0.562 bits per heavy atom. The number of unbranched alkanes of at least 4 members (excludes halogenated alkanes) is 1. The van der Waals surface area contributed by atoms with Crippen LogP contribution in [0, 0.1) is 28.7 Å². The molecule has 0 aromatic heterocycles. The van der Waals surface area contributed by atoms with Crippen LogP contribution in [0.2, 0.25) is 0 Å². The van der Waals surface area contributed by atoms with Crippen LogP contribution in [0.25, 0.3) is 0 Å². The van der Waals surface area contributed by atoms with E-state index in [-0.39, 0.29) is 295 Å². The largest absolute Gasteiger partial charge is 2.00 e. The molecule has 0 aliphatic rings. The molecule has 0 saturated carbocycles. The van der Waals surface area contributed by atoms with Crippen molar-refractivity contribution < 1.29 is 281 Å². The summed E-state index contributed by atoms with van der Waals surface area (Å²) in [5.74, 6) is 0. The van der Waals surface area contributed by atoms with Crippen LogP contribution in [0.15, 0.2) is 0 Å². The Morgan fingerprint density at radius 2 is 0.562 bits per heavy atom. The van der Waals surface area contributed by atoms with Crippen LogP contribution < -0.4 is 0 Å². The molecule has 0 spiro atoms. The van der Waals surface area contributed by atoms with Crippen LogP contribution in [0.4, 0.5) is 0 Å². The molecule has 0 aromatic rings. The van der Waals surface area contributed by atoms with Gasteiger partial charge in [-0.05, 0) is 0 Å². The summed E-state index contributed by atoms with van der Waals surface area (Å²) in [5, 5.41) is 0. The summed E-state index contributed by atoms with van der Waals surface area (Å²) in [4.78, 5) is 0. The summed E-state index contributed by atoms with van der Waals surface area (Å²) in [6.45, 7) is 7.08. The fourth-order valence-corrected chi connectivity index (χ4v) is 0. The van der Waals surface area contributed by atoms with Gasteiger partial charge in [0.2, 0.25) is 0 Å². The Bertz CT molecular complexity index is 27.0. The Balaban J connectivity index is -0.000000000682. The van der Waals surface area contributed by atoms with Crippen molar-refractivity contribution >= 4 is 0 Å². The Morgan fingerprint density at radius 1 is 0.500 bits per heavy atom. The standard InChI is InChI=1S/C4H8.2CH3.4W.6Y/c1-3-4-2;;;;;;;;;;;;/h1-4H2;2*1H3;;;;;;;;;;/q-2;2*-1;;;;+2;;;;;;. The molecule has 0 rings (SSSR count). The first-order valence-corrected chi connectivity index (χ1v) is 1.50. The van der Waals surface area contributed by atoms with Crippen LogP contribution in [-0.2, 0) is 281 Å². The van der Waals surface area contributed by atoms with Crippen molar-refractivity contribution in [1.82, 2.24) is 0 Å². The quantitative estimate of drug-likeness (QED) is 0.355. The fourth-order valence-electron chi connectivity index (χ4n) is 0. The molecular weight excluding hydrogens is 1340 g/mol. The van der Waals surface area contributed by atoms with E-state index in [0.717, 1.165) is 12.8 Å². The van der Waals surface area contributed by atoms with Crippen molar-refractivity contribution in [1.29, 1.82) is 0 Å². The van der Waals surface area contributed by atoms with Gasteiger partial charge >= 0.3 is 21.1 Å². The van der Waals surface area contributed by atoms with Gasteiger partial charge in [-0.25, -0.2) is 12.8 Å². The molecule has 0 unspecified atom stereocenters. The topological polar surface area (TPSA) is 0 Å². The van der Waals surface area contributed by atoms with E-state index in [1.54, 1.807) is 0 Å². The van der Waals surface area contributed by atoms with Gasteiger partial charge in [-0.3, -0.25) is 0 Å². The first-order valence-electron chi connectivity index (χ1n) is 1.50. The van der Waals surface area contributed by atoms with E-state index in [2.05, 4.69) is 13.8 Å². The van der Waals surface area contributed by atoms with Crippen LogP contribution in [0.3, 0.4) is 0 Å². The van der Waals surface area contributed by atoms with Crippen LogP contribution in [0.1, 0.15) is 12.8 Å². The zero-order valence-corrected chi connectivity index (χ0v) is 38.7. The van der Waals surface area contributed by atoms with Gasteiger partial charge in [0.05, 0.1) is 0 Å². The van der Waals surface area contributed by atoms with Gasteiger partial charge in [0.25, 0.3) is 0 Å². The Hall–Kier alpha value is 9.38. The van der Waals surface area contributed by atoms with Crippen molar-refractivity contribution in [3.63, 3.8) is 0 Å². The molecule has 0 bridgehead atoms. The summed E-state index contributed by atoms with van der Waals surface area (Å²) in [5.41, 5.74) is 0. The van der Waals surface area contributed by atoms with E-state index >= 15 is 0 Å². The van der Waals surface area contributed by atoms with Gasteiger partial charge in [-0.15, -0.1) is 0 Å². The maximum atomic E-state index is 3.54. The van der Waals surface area contributed by atoms with Crippen molar-refractivity contribution in [2.45, 2.75) is 12.8 Å². The van der Waals surface area contributed by atoms with E-state index in [9.17, 15) is 0 Å². The molecule has 82 valence electrons. The van der Waals surface area contributed by atoms with Gasteiger partial charge in [0.1, 0.15) is 0 Å². The summed E-state index contributed by atoms with van der Waals surface area (Å²) >= 11 is 0. The number of hydrogen-bond donors (Lipinski definition) is 0. The smallest absolute Gasteiger partial charge is 0.358 e. The SMILES string of the molecule is [CH2-]CC[CH2-].[CH3-].[CH3-].[W+2].[W].[W].[W].[Y].[Y].[Y].[Y].[Y].[Y]. The van der Waals surface area contributed by atoms with Crippen LogP contribution in [0.5, 0.6) is 0 Å². The second-order valence-corrected chi connectivity index (χ2v) is 0.707. The van der Waals surface area contributed by atoms with E-state index < -0.39 is 0 Å². The summed E-state index contributed by atoms with van der Waals surface area (Å²) in [7, 11) is 0. The van der Waals surface area contributed by atoms with Gasteiger partial charge in [0.15, 0.2) is 0 Å². The molecule has 6 radical (unpaired) electrons. The molecule has 0 aromatic carbocycles. The Labute approximate surface area is 312 Å². The van der Waals surface area contributed by atoms with Gasteiger partial charge in [-0.2, -0.15) is 0 Å². The predicted octanol–water partition coefficient (Wildman–Crippen LogP) is 2.31. The van der Waals surface area contributed by atoms with Gasteiger partial charge in [-0.1, -0.05) is 0 Å². The van der Waals surface area contributed by atoms with Crippen molar-refractivity contribution in [2.75, 3.05) is 0 Å². The molecule has 10 heteroatoms. The second-order valence-electron chi connectivity index (χ2n) is 0.707. The third-order valence-corrected chi connectivity index (χ3v) is 0.250. The summed E-state index contributed by atoms with van der Waals surface area (Å²) in [6, 6.07) is 0. The second kappa shape index (κ2) is 103. The monoisotopic (exact) mass is 1360 g/mol. The van der Waals surface area contributed by atoms with Gasteiger partial charge in [0, 0.05) is 259 Å². The predicted molar refractivity (Wildman–Crippen MR) is 32.8 cm³/mol. The minimum absolute atomic E-state index is 0. The third-order valence-electron chi connectivity index (χ3n) is 0.250. The normalized spacial score (nSPS) is 1.88. The Kier molecular flexibility index (Phi) is 633. The van der Waals surface area contributed by atoms with Crippen LogP contribution >= 0.6 is 0 Å². The molecule has 0 atom stereocenters. The molecule has 0 heterocycles. The number of hydrogen-bond acceptors (Lipinski definition) is 0. The maximum Gasteiger partial charge on any atom is 2.00 e. The molecule has 0 amide bonds. The molecule has 16 heavy (non-hydrogen) atoms. The number of rotatable bonds is 1. The molecule has 0 aliphatic carbocycles. The molecule has 0 saturated heterocycles. The van der Waals surface area contributed by atoms with Crippen molar-refractivity contribution in [3.8, 4) is 0 Å². The summed E-state index contributed by atoms with van der Waals surface area (Å²) in [6.07, 6.45) is 1.92. The average Bonchev–Trinajstić information content (AvgIpc) is 1.37. The molecule has 0 N–H and O–H groups in total.